The molecule has 0 aliphatic carbocycles. The van der Waals surface area contributed by atoms with Crippen LogP contribution in [-0.4, -0.2) is 41.2 Å². The molecule has 3 rings (SSSR count). The smallest absolute Gasteiger partial charge is 0.162 e. The number of rotatable bonds is 8. The van der Waals surface area contributed by atoms with E-state index < -0.39 is 0 Å². The van der Waals surface area contributed by atoms with Gasteiger partial charge < -0.3 is 19.9 Å². The maximum Gasteiger partial charge on any atom is 0.162 e. The average Bonchev–Trinajstić information content (AvgIpc) is 3.11. The number of aromatic amines is 1. The Morgan fingerprint density at radius 1 is 1.20 bits per heavy atom. The van der Waals surface area contributed by atoms with Gasteiger partial charge in [-0.05, 0) is 24.1 Å². The fourth-order valence-electron chi connectivity index (χ4n) is 3.25. The van der Waals surface area contributed by atoms with Crippen molar-refractivity contribution in [1.29, 1.82) is 0 Å². The maximum absolute atomic E-state index is 10.2. The van der Waals surface area contributed by atoms with Crippen molar-refractivity contribution in [1.82, 2.24) is 15.5 Å². The van der Waals surface area contributed by atoms with Gasteiger partial charge in [0.15, 0.2) is 11.5 Å². The fourth-order valence-corrected chi connectivity index (χ4v) is 3.25. The second-order valence-corrected chi connectivity index (χ2v) is 6.40. The molecule has 1 aromatic carbocycles. The van der Waals surface area contributed by atoms with Crippen LogP contribution in [0.1, 0.15) is 32.3 Å². The Morgan fingerprint density at radius 3 is 2.72 bits per heavy atom. The molecule has 25 heavy (non-hydrogen) atoms. The first kappa shape index (κ1) is 17.8. The third-order valence-corrected chi connectivity index (χ3v) is 4.81. The minimum Gasteiger partial charge on any atom is -0.486 e. The quantitative estimate of drug-likeness (QED) is 0.685. The van der Waals surface area contributed by atoms with Crippen molar-refractivity contribution in [2.24, 2.45) is 5.92 Å². The van der Waals surface area contributed by atoms with Gasteiger partial charge in [-0.25, -0.2) is 0 Å². The molecule has 0 bridgehead atoms. The second-order valence-electron chi connectivity index (χ2n) is 6.40. The van der Waals surface area contributed by atoms with E-state index in [0.717, 1.165) is 41.2 Å². The van der Waals surface area contributed by atoms with E-state index in [4.69, 9.17) is 9.47 Å². The number of hydrogen-bond acceptors (Lipinski definition) is 5. The summed E-state index contributed by atoms with van der Waals surface area (Å²) in [6.45, 7) is 6.63. The van der Waals surface area contributed by atoms with Crippen LogP contribution >= 0.6 is 0 Å². The van der Waals surface area contributed by atoms with Crippen molar-refractivity contribution in [3.05, 3.63) is 30.0 Å². The Labute approximate surface area is 148 Å². The van der Waals surface area contributed by atoms with Gasteiger partial charge in [0.1, 0.15) is 13.2 Å². The van der Waals surface area contributed by atoms with Crippen LogP contribution < -0.4 is 14.8 Å². The molecule has 1 aromatic heterocycles. The second kappa shape index (κ2) is 8.36. The Morgan fingerprint density at radius 2 is 1.96 bits per heavy atom. The fraction of sp³-hybridized carbons (Fsp3) is 0.526. The molecule has 1 atom stereocenters. The minimum absolute atomic E-state index is 0.320. The molecule has 136 valence electrons. The topological polar surface area (TPSA) is 79.4 Å². The summed E-state index contributed by atoms with van der Waals surface area (Å²) in [4.78, 5) is 0. The largest absolute Gasteiger partial charge is 0.486 e. The molecular weight excluding hydrogens is 318 g/mol. The standard InChI is InChI=1S/C19H27N3O3/c1-3-13(4-2)16(23)12-20-10-15-11-21-22-19(15)14-5-6-17-18(9-14)25-8-7-24-17/h5-6,9,11,13,16,20,23H,3-4,7-8,10,12H2,1-2H3,(H,21,22). The predicted molar refractivity (Wildman–Crippen MR) is 96.8 cm³/mol. The number of aromatic nitrogens is 2. The molecule has 1 unspecified atom stereocenters. The van der Waals surface area contributed by atoms with E-state index in [0.29, 0.717) is 32.2 Å². The Hall–Kier alpha value is -2.05. The number of ether oxygens (including phenoxy) is 2. The van der Waals surface area contributed by atoms with Crippen LogP contribution in [0.4, 0.5) is 0 Å². The Kier molecular flexibility index (Phi) is 5.94. The molecule has 1 aliphatic heterocycles. The third kappa shape index (κ3) is 4.14. The lowest BCUT2D eigenvalue weighted by Gasteiger charge is -2.20. The predicted octanol–water partition coefficient (Wildman–Crippen LogP) is 2.73. The van der Waals surface area contributed by atoms with E-state index in [1.807, 2.05) is 24.4 Å². The van der Waals surface area contributed by atoms with E-state index >= 15 is 0 Å². The van der Waals surface area contributed by atoms with Gasteiger partial charge in [0.25, 0.3) is 0 Å². The summed E-state index contributed by atoms with van der Waals surface area (Å²) >= 11 is 0. The van der Waals surface area contributed by atoms with Gasteiger partial charge in [-0.15, -0.1) is 0 Å². The highest BCUT2D eigenvalue weighted by Gasteiger charge is 2.17. The third-order valence-electron chi connectivity index (χ3n) is 4.81. The minimum atomic E-state index is -0.320. The van der Waals surface area contributed by atoms with Gasteiger partial charge in [0, 0.05) is 24.2 Å². The average molecular weight is 345 g/mol. The lowest BCUT2D eigenvalue weighted by atomic mass is 9.96. The molecule has 0 amide bonds. The summed E-state index contributed by atoms with van der Waals surface area (Å²) in [6.07, 6.45) is 3.49. The first-order chi connectivity index (χ1) is 12.2. The van der Waals surface area contributed by atoms with Crippen molar-refractivity contribution < 1.29 is 14.6 Å². The molecule has 0 spiro atoms. The molecule has 6 heteroatoms. The van der Waals surface area contributed by atoms with Crippen molar-refractivity contribution in [3.63, 3.8) is 0 Å². The highest BCUT2D eigenvalue weighted by atomic mass is 16.6. The lowest BCUT2D eigenvalue weighted by Crippen LogP contribution is -2.32. The van der Waals surface area contributed by atoms with Gasteiger partial charge in [-0.2, -0.15) is 5.10 Å². The van der Waals surface area contributed by atoms with Crippen molar-refractivity contribution in [2.75, 3.05) is 19.8 Å². The number of aliphatic hydroxyl groups excluding tert-OH is 1. The van der Waals surface area contributed by atoms with E-state index in [-0.39, 0.29) is 6.10 Å². The number of H-pyrrole nitrogens is 1. The summed E-state index contributed by atoms with van der Waals surface area (Å²) in [5, 5.41) is 20.8. The van der Waals surface area contributed by atoms with Crippen LogP contribution in [0.25, 0.3) is 11.3 Å². The Balaban J connectivity index is 1.65. The van der Waals surface area contributed by atoms with E-state index in [1.54, 1.807) is 0 Å². The van der Waals surface area contributed by atoms with Gasteiger partial charge in [-0.3, -0.25) is 5.10 Å². The van der Waals surface area contributed by atoms with Gasteiger partial charge in [-0.1, -0.05) is 26.7 Å². The van der Waals surface area contributed by atoms with Crippen LogP contribution in [0.15, 0.2) is 24.4 Å². The number of nitrogens with one attached hydrogen (secondary N) is 2. The van der Waals surface area contributed by atoms with Gasteiger partial charge >= 0.3 is 0 Å². The normalized spacial score (nSPS) is 14.7. The number of aliphatic hydroxyl groups is 1. The van der Waals surface area contributed by atoms with Crippen molar-refractivity contribution >= 4 is 0 Å². The van der Waals surface area contributed by atoms with Crippen molar-refractivity contribution in [3.8, 4) is 22.8 Å². The monoisotopic (exact) mass is 345 g/mol. The molecule has 2 heterocycles. The van der Waals surface area contributed by atoms with Gasteiger partial charge in [0.05, 0.1) is 18.0 Å². The number of nitrogens with zero attached hydrogens (tertiary/aromatic N) is 1. The molecule has 6 nitrogen and oxygen atoms in total. The van der Waals surface area contributed by atoms with Crippen LogP contribution in [0, 0.1) is 5.92 Å². The molecule has 0 radical (unpaired) electrons. The number of benzene rings is 1. The maximum atomic E-state index is 10.2. The highest BCUT2D eigenvalue weighted by Crippen LogP contribution is 2.34. The summed E-state index contributed by atoms with van der Waals surface area (Å²) in [5.41, 5.74) is 3.04. The van der Waals surface area contributed by atoms with E-state index in [9.17, 15) is 5.11 Å². The molecular formula is C19H27N3O3. The zero-order valence-corrected chi connectivity index (χ0v) is 14.9. The lowest BCUT2D eigenvalue weighted by molar-refractivity contribution is 0.101. The molecule has 0 fully saturated rings. The summed E-state index contributed by atoms with van der Waals surface area (Å²) in [5.74, 6) is 1.89. The van der Waals surface area contributed by atoms with Gasteiger partial charge in [0.2, 0.25) is 0 Å². The van der Waals surface area contributed by atoms with Crippen LogP contribution in [-0.2, 0) is 6.54 Å². The van der Waals surface area contributed by atoms with Crippen LogP contribution in [0.3, 0.4) is 0 Å². The zero-order valence-electron chi connectivity index (χ0n) is 14.9. The van der Waals surface area contributed by atoms with Crippen LogP contribution in [0.5, 0.6) is 11.5 Å². The van der Waals surface area contributed by atoms with Crippen molar-refractivity contribution in [2.45, 2.75) is 39.3 Å². The Bertz CT molecular complexity index is 682. The first-order valence-electron chi connectivity index (χ1n) is 9.04. The summed E-state index contributed by atoms with van der Waals surface area (Å²) in [6, 6.07) is 5.91. The van der Waals surface area contributed by atoms with E-state index in [1.165, 1.54) is 0 Å². The van der Waals surface area contributed by atoms with E-state index in [2.05, 4.69) is 29.4 Å². The first-order valence-corrected chi connectivity index (χ1v) is 9.04. The summed E-state index contributed by atoms with van der Waals surface area (Å²) in [7, 11) is 0. The van der Waals surface area contributed by atoms with Crippen LogP contribution in [0.2, 0.25) is 0 Å². The molecule has 0 saturated heterocycles. The number of fused-ring (bicyclic) bond motifs is 1. The molecule has 3 N–H and O–H groups in total. The highest BCUT2D eigenvalue weighted by molar-refractivity contribution is 5.66. The zero-order chi connectivity index (χ0) is 17.6. The SMILES string of the molecule is CCC(CC)C(O)CNCc1cn[nH]c1-c1ccc2c(c1)OCCO2. The molecule has 1 aliphatic rings. The summed E-state index contributed by atoms with van der Waals surface area (Å²) < 4.78 is 11.2. The number of hydrogen-bond donors (Lipinski definition) is 3. The molecule has 0 saturated carbocycles. The molecule has 2 aromatic rings.